The molecule has 1 atom stereocenters. The summed E-state index contributed by atoms with van der Waals surface area (Å²) in [6.45, 7) is 6.81. The van der Waals surface area contributed by atoms with Crippen LogP contribution in [0, 0.1) is 0 Å². The molecule has 0 spiro atoms. The van der Waals surface area contributed by atoms with Crippen molar-refractivity contribution in [3.63, 3.8) is 0 Å². The van der Waals surface area contributed by atoms with Gasteiger partial charge in [0.2, 0.25) is 0 Å². The van der Waals surface area contributed by atoms with Gasteiger partial charge in [0, 0.05) is 18.2 Å². The molecular weight excluding hydrogens is 406 g/mol. The van der Waals surface area contributed by atoms with Crippen molar-refractivity contribution in [1.29, 1.82) is 0 Å². The summed E-state index contributed by atoms with van der Waals surface area (Å²) in [7, 11) is -3.11. The van der Waals surface area contributed by atoms with Gasteiger partial charge >= 0.3 is 0 Å². The number of benzene rings is 3. The highest BCUT2D eigenvalue weighted by molar-refractivity contribution is 7.91. The second kappa shape index (κ2) is 8.12. The normalized spacial score (nSPS) is 18.2. The molecule has 0 saturated carbocycles. The molecule has 1 fully saturated rings. The standard InChI is InChI=1S/C26H29NO3S/c1-26(2,3)22-13-11-20(12-14-22)25(28)27(23-15-16-31(29,30)18-23)17-21-9-6-8-19-7-4-5-10-24(19)21/h4-14,23H,15-18H2,1-3H3/t23-/m1/s1. The molecule has 1 aliphatic heterocycles. The van der Waals surface area contributed by atoms with Crippen LogP contribution in [-0.4, -0.2) is 36.8 Å². The average Bonchev–Trinajstić information content (AvgIpc) is 3.10. The van der Waals surface area contributed by atoms with Crippen molar-refractivity contribution in [2.24, 2.45) is 0 Å². The maximum absolute atomic E-state index is 13.6. The number of carbonyl (C=O) groups excluding carboxylic acids is 1. The van der Waals surface area contributed by atoms with Crippen LogP contribution >= 0.6 is 0 Å². The zero-order valence-electron chi connectivity index (χ0n) is 18.3. The third kappa shape index (κ3) is 4.67. The van der Waals surface area contributed by atoms with Gasteiger partial charge in [-0.15, -0.1) is 0 Å². The maximum atomic E-state index is 13.6. The number of rotatable bonds is 4. The Hall–Kier alpha value is -2.66. The fourth-order valence-electron chi connectivity index (χ4n) is 4.28. The van der Waals surface area contributed by atoms with Crippen molar-refractivity contribution in [3.05, 3.63) is 83.4 Å². The van der Waals surface area contributed by atoms with Crippen LogP contribution < -0.4 is 0 Å². The number of amides is 1. The van der Waals surface area contributed by atoms with Crippen molar-refractivity contribution in [3.8, 4) is 0 Å². The van der Waals surface area contributed by atoms with E-state index in [0.29, 0.717) is 18.5 Å². The number of carbonyl (C=O) groups is 1. The molecule has 1 amide bonds. The van der Waals surface area contributed by atoms with Gasteiger partial charge in [-0.2, -0.15) is 0 Å². The van der Waals surface area contributed by atoms with E-state index < -0.39 is 9.84 Å². The molecule has 1 aliphatic rings. The third-order valence-electron chi connectivity index (χ3n) is 6.13. The zero-order chi connectivity index (χ0) is 22.2. The summed E-state index contributed by atoms with van der Waals surface area (Å²) < 4.78 is 24.4. The van der Waals surface area contributed by atoms with Gasteiger partial charge in [-0.3, -0.25) is 4.79 Å². The Morgan fingerprint density at radius 2 is 1.65 bits per heavy atom. The van der Waals surface area contributed by atoms with Crippen LogP contribution in [0.1, 0.15) is 48.7 Å². The molecule has 0 unspecified atom stereocenters. The summed E-state index contributed by atoms with van der Waals surface area (Å²) in [5.74, 6) is 0.0549. The van der Waals surface area contributed by atoms with Crippen molar-refractivity contribution >= 4 is 26.5 Å². The number of sulfone groups is 1. The second-order valence-corrected chi connectivity index (χ2v) is 11.7. The highest BCUT2D eigenvalue weighted by Gasteiger charge is 2.35. The van der Waals surface area contributed by atoms with Crippen LogP contribution in [0.25, 0.3) is 10.8 Å². The van der Waals surface area contributed by atoms with Crippen LogP contribution in [0.4, 0.5) is 0 Å². The molecule has 1 saturated heterocycles. The lowest BCUT2D eigenvalue weighted by molar-refractivity contribution is 0.0681. The molecule has 5 heteroatoms. The Morgan fingerprint density at radius 1 is 0.968 bits per heavy atom. The first-order valence-corrected chi connectivity index (χ1v) is 12.5. The van der Waals surface area contributed by atoms with Crippen molar-refractivity contribution in [1.82, 2.24) is 4.90 Å². The lowest BCUT2D eigenvalue weighted by Gasteiger charge is -2.29. The van der Waals surface area contributed by atoms with Crippen LogP contribution in [0.5, 0.6) is 0 Å². The summed E-state index contributed by atoms with van der Waals surface area (Å²) in [6.07, 6.45) is 0.485. The SMILES string of the molecule is CC(C)(C)c1ccc(C(=O)N(Cc2cccc3ccccc23)[C@@H]2CCS(=O)(=O)C2)cc1. The Kier molecular flexibility index (Phi) is 5.65. The summed E-state index contributed by atoms with van der Waals surface area (Å²) >= 11 is 0. The molecule has 0 aromatic heterocycles. The van der Waals surface area contributed by atoms with Gasteiger partial charge in [0.15, 0.2) is 9.84 Å². The number of fused-ring (bicyclic) bond motifs is 1. The number of nitrogens with zero attached hydrogens (tertiary/aromatic N) is 1. The van der Waals surface area contributed by atoms with Gasteiger partial charge in [-0.05, 0) is 45.9 Å². The molecule has 0 radical (unpaired) electrons. The Labute approximate surface area is 184 Å². The Balaban J connectivity index is 1.70. The van der Waals surface area contributed by atoms with E-state index in [-0.39, 0.29) is 28.9 Å². The first-order valence-electron chi connectivity index (χ1n) is 10.7. The molecule has 3 aromatic carbocycles. The lowest BCUT2D eigenvalue weighted by atomic mass is 9.86. The minimum absolute atomic E-state index is 0.00372. The number of hydrogen-bond donors (Lipinski definition) is 0. The van der Waals surface area contributed by atoms with Crippen molar-refractivity contribution in [2.45, 2.75) is 45.2 Å². The third-order valence-corrected chi connectivity index (χ3v) is 7.88. The van der Waals surface area contributed by atoms with Gasteiger partial charge in [0.25, 0.3) is 5.91 Å². The van der Waals surface area contributed by atoms with E-state index in [1.165, 1.54) is 0 Å². The highest BCUT2D eigenvalue weighted by Crippen LogP contribution is 2.27. The average molecular weight is 436 g/mol. The summed E-state index contributed by atoms with van der Waals surface area (Å²) in [5.41, 5.74) is 2.79. The van der Waals surface area contributed by atoms with Crippen LogP contribution in [0.3, 0.4) is 0 Å². The van der Waals surface area contributed by atoms with Crippen LogP contribution in [0.15, 0.2) is 66.7 Å². The zero-order valence-corrected chi connectivity index (χ0v) is 19.2. The molecule has 162 valence electrons. The van der Waals surface area contributed by atoms with Gasteiger partial charge in [0.1, 0.15) is 0 Å². The van der Waals surface area contributed by atoms with Gasteiger partial charge in [-0.1, -0.05) is 75.4 Å². The summed E-state index contributed by atoms with van der Waals surface area (Å²) in [4.78, 5) is 15.3. The highest BCUT2D eigenvalue weighted by atomic mass is 32.2. The fourth-order valence-corrected chi connectivity index (χ4v) is 6.01. The summed E-state index contributed by atoms with van der Waals surface area (Å²) in [5, 5.41) is 2.20. The predicted octanol–water partition coefficient (Wildman–Crippen LogP) is 4.97. The van der Waals surface area contributed by atoms with Gasteiger partial charge < -0.3 is 4.90 Å². The van der Waals surface area contributed by atoms with E-state index in [2.05, 4.69) is 39.0 Å². The van der Waals surface area contributed by atoms with Gasteiger partial charge in [-0.25, -0.2) is 8.42 Å². The van der Waals surface area contributed by atoms with Crippen LogP contribution in [0.2, 0.25) is 0 Å². The van der Waals surface area contributed by atoms with E-state index in [9.17, 15) is 13.2 Å². The smallest absolute Gasteiger partial charge is 0.254 e. The number of hydrogen-bond acceptors (Lipinski definition) is 3. The molecule has 0 aliphatic carbocycles. The molecular formula is C26H29NO3S. The van der Waals surface area contributed by atoms with E-state index in [4.69, 9.17) is 0 Å². The fraction of sp³-hybridized carbons (Fsp3) is 0.346. The first kappa shape index (κ1) is 21.6. The van der Waals surface area contributed by atoms with Crippen molar-refractivity contribution in [2.75, 3.05) is 11.5 Å². The molecule has 0 bridgehead atoms. The largest absolute Gasteiger partial charge is 0.330 e. The van der Waals surface area contributed by atoms with E-state index >= 15 is 0 Å². The molecule has 0 N–H and O–H groups in total. The van der Waals surface area contributed by atoms with Gasteiger partial charge in [0.05, 0.1) is 11.5 Å². The molecule has 4 rings (SSSR count). The molecule has 1 heterocycles. The maximum Gasteiger partial charge on any atom is 0.254 e. The molecule has 31 heavy (non-hydrogen) atoms. The minimum atomic E-state index is -3.11. The Morgan fingerprint density at radius 3 is 2.29 bits per heavy atom. The lowest BCUT2D eigenvalue weighted by Crippen LogP contribution is -2.40. The quantitative estimate of drug-likeness (QED) is 0.582. The topological polar surface area (TPSA) is 54.5 Å². The van der Waals surface area contributed by atoms with E-state index in [0.717, 1.165) is 21.9 Å². The molecule has 4 nitrogen and oxygen atoms in total. The molecule has 3 aromatic rings. The monoisotopic (exact) mass is 435 g/mol. The van der Waals surface area contributed by atoms with E-state index in [1.54, 1.807) is 4.90 Å². The van der Waals surface area contributed by atoms with Crippen molar-refractivity contribution < 1.29 is 13.2 Å². The second-order valence-electron chi connectivity index (χ2n) is 9.46. The summed E-state index contributed by atoms with van der Waals surface area (Å²) in [6, 6.07) is 21.6. The van der Waals surface area contributed by atoms with Crippen LogP contribution in [-0.2, 0) is 21.8 Å². The minimum Gasteiger partial charge on any atom is -0.330 e. The van der Waals surface area contributed by atoms with E-state index in [1.807, 2.05) is 48.5 Å². The predicted molar refractivity (Wildman–Crippen MR) is 126 cm³/mol. The first-order chi connectivity index (χ1) is 14.6. The Bertz CT molecular complexity index is 1200.